The van der Waals surface area contributed by atoms with Gasteiger partial charge in [0.1, 0.15) is 0 Å². The Balaban J connectivity index is 2.02. The third-order valence-corrected chi connectivity index (χ3v) is 4.00. The third-order valence-electron chi connectivity index (χ3n) is 4.00. The normalized spacial score (nSPS) is 19.4. The molecule has 1 saturated carbocycles. The molecule has 0 aliphatic heterocycles. The van der Waals surface area contributed by atoms with Crippen molar-refractivity contribution in [1.82, 2.24) is 0 Å². The van der Waals surface area contributed by atoms with Gasteiger partial charge in [0.05, 0.1) is 0 Å². The van der Waals surface area contributed by atoms with E-state index in [-0.39, 0.29) is 5.78 Å². The average Bonchev–Trinajstić information content (AvgIpc) is 2.73. The zero-order valence-corrected chi connectivity index (χ0v) is 12.7. The smallest absolute Gasteiger partial charge is 0.163 e. The lowest BCUT2D eigenvalue weighted by Gasteiger charge is -2.08. The van der Waals surface area contributed by atoms with Gasteiger partial charge in [-0.15, -0.1) is 0 Å². The Kier molecular flexibility index (Phi) is 4.65. The molecular formula is C21H20O. The standard InChI is InChI=1S/C21H20O/c22-21-14-8-7-13-19(15-17-9-3-1-4-10-17)20(21)16-18-11-5-2-6-12-18/h1-6,9-12,15-16H,7-8,13-14H2. The van der Waals surface area contributed by atoms with E-state index in [2.05, 4.69) is 18.2 Å². The first-order valence-corrected chi connectivity index (χ1v) is 7.89. The molecule has 2 aromatic rings. The monoisotopic (exact) mass is 288 g/mol. The number of carbonyl (C=O) groups excluding carboxylic acids is 1. The number of hydrogen-bond acceptors (Lipinski definition) is 1. The quantitative estimate of drug-likeness (QED) is 0.541. The number of allylic oxidation sites excluding steroid dienone is 2. The van der Waals surface area contributed by atoms with E-state index in [1.165, 1.54) is 0 Å². The molecule has 0 radical (unpaired) electrons. The summed E-state index contributed by atoms with van der Waals surface area (Å²) in [5.74, 6) is 0.267. The van der Waals surface area contributed by atoms with Crippen LogP contribution in [0.15, 0.2) is 71.8 Å². The van der Waals surface area contributed by atoms with Crippen molar-refractivity contribution >= 4 is 17.9 Å². The summed E-state index contributed by atoms with van der Waals surface area (Å²) in [6.07, 6.45) is 7.90. The summed E-state index contributed by atoms with van der Waals surface area (Å²) in [5.41, 5.74) is 4.29. The fourth-order valence-corrected chi connectivity index (χ4v) is 2.84. The van der Waals surface area contributed by atoms with Gasteiger partial charge in [0.15, 0.2) is 5.78 Å². The summed E-state index contributed by atoms with van der Waals surface area (Å²) in [7, 11) is 0. The molecule has 0 atom stereocenters. The van der Waals surface area contributed by atoms with E-state index in [0.29, 0.717) is 6.42 Å². The second-order valence-electron chi connectivity index (χ2n) is 5.68. The molecule has 0 N–H and O–H groups in total. The van der Waals surface area contributed by atoms with Crippen LogP contribution in [-0.4, -0.2) is 5.78 Å². The van der Waals surface area contributed by atoms with Crippen molar-refractivity contribution in [3.63, 3.8) is 0 Å². The molecule has 0 heterocycles. The Morgan fingerprint density at radius 3 is 1.86 bits per heavy atom. The van der Waals surface area contributed by atoms with Gasteiger partial charge in [-0.2, -0.15) is 0 Å². The number of hydrogen-bond donors (Lipinski definition) is 0. The topological polar surface area (TPSA) is 17.1 Å². The van der Waals surface area contributed by atoms with E-state index >= 15 is 0 Å². The zero-order chi connectivity index (χ0) is 15.2. The van der Waals surface area contributed by atoms with Crippen molar-refractivity contribution in [2.24, 2.45) is 0 Å². The van der Waals surface area contributed by atoms with Gasteiger partial charge < -0.3 is 0 Å². The summed E-state index contributed by atoms with van der Waals surface area (Å²) in [5, 5.41) is 0. The lowest BCUT2D eigenvalue weighted by Crippen LogP contribution is -2.02. The molecule has 0 spiro atoms. The van der Waals surface area contributed by atoms with Crippen LogP contribution >= 0.6 is 0 Å². The van der Waals surface area contributed by atoms with Crippen molar-refractivity contribution in [3.8, 4) is 0 Å². The summed E-state index contributed by atoms with van der Waals surface area (Å²) >= 11 is 0. The highest BCUT2D eigenvalue weighted by atomic mass is 16.1. The van der Waals surface area contributed by atoms with Gasteiger partial charge in [-0.05, 0) is 42.0 Å². The lowest BCUT2D eigenvalue weighted by atomic mass is 9.95. The highest BCUT2D eigenvalue weighted by Gasteiger charge is 2.18. The van der Waals surface area contributed by atoms with Crippen LogP contribution in [0.5, 0.6) is 0 Å². The highest BCUT2D eigenvalue weighted by molar-refractivity contribution is 6.05. The Morgan fingerprint density at radius 2 is 1.23 bits per heavy atom. The van der Waals surface area contributed by atoms with Crippen LogP contribution in [0.3, 0.4) is 0 Å². The summed E-state index contributed by atoms with van der Waals surface area (Å²) in [6.45, 7) is 0. The first kappa shape index (κ1) is 14.5. The number of Topliss-reactive ketones (excluding diaryl/α,β-unsaturated/α-hetero) is 1. The van der Waals surface area contributed by atoms with Crippen LogP contribution in [0.4, 0.5) is 0 Å². The molecule has 1 nitrogen and oxygen atoms in total. The molecule has 110 valence electrons. The van der Waals surface area contributed by atoms with Gasteiger partial charge in [-0.25, -0.2) is 0 Å². The van der Waals surface area contributed by atoms with Crippen molar-refractivity contribution < 1.29 is 4.79 Å². The summed E-state index contributed by atoms with van der Waals surface area (Å²) in [4.78, 5) is 12.5. The number of benzene rings is 2. The predicted molar refractivity (Wildman–Crippen MR) is 92.3 cm³/mol. The van der Waals surface area contributed by atoms with E-state index in [4.69, 9.17) is 0 Å². The molecule has 0 amide bonds. The maximum atomic E-state index is 12.5. The lowest BCUT2D eigenvalue weighted by molar-refractivity contribution is -0.115. The zero-order valence-electron chi connectivity index (χ0n) is 12.7. The van der Waals surface area contributed by atoms with Crippen molar-refractivity contribution in [1.29, 1.82) is 0 Å². The first-order valence-electron chi connectivity index (χ1n) is 7.89. The Hall–Kier alpha value is -2.41. The number of carbonyl (C=O) groups is 1. The minimum absolute atomic E-state index is 0.267. The first-order chi connectivity index (χ1) is 10.8. The molecule has 1 fully saturated rings. The second kappa shape index (κ2) is 7.04. The summed E-state index contributed by atoms with van der Waals surface area (Å²) in [6, 6.07) is 20.4. The summed E-state index contributed by atoms with van der Waals surface area (Å²) < 4.78 is 0. The largest absolute Gasteiger partial charge is 0.294 e. The van der Waals surface area contributed by atoms with Crippen molar-refractivity contribution in [2.75, 3.05) is 0 Å². The van der Waals surface area contributed by atoms with Crippen LogP contribution in [0.2, 0.25) is 0 Å². The van der Waals surface area contributed by atoms with Gasteiger partial charge >= 0.3 is 0 Å². The van der Waals surface area contributed by atoms with E-state index in [0.717, 1.165) is 41.5 Å². The molecule has 2 aromatic carbocycles. The van der Waals surface area contributed by atoms with Crippen LogP contribution < -0.4 is 0 Å². The molecule has 1 aliphatic carbocycles. The van der Waals surface area contributed by atoms with Crippen LogP contribution in [0, 0.1) is 0 Å². The molecular weight excluding hydrogens is 268 g/mol. The van der Waals surface area contributed by atoms with E-state index < -0.39 is 0 Å². The fourth-order valence-electron chi connectivity index (χ4n) is 2.84. The maximum Gasteiger partial charge on any atom is 0.163 e. The Bertz CT molecular complexity index is 693. The fraction of sp³-hybridized carbons (Fsp3) is 0.190. The van der Waals surface area contributed by atoms with E-state index in [1.807, 2.05) is 54.6 Å². The van der Waals surface area contributed by atoms with Gasteiger partial charge in [-0.1, -0.05) is 66.7 Å². The molecule has 0 unspecified atom stereocenters. The predicted octanol–water partition coefficient (Wildman–Crippen LogP) is 5.30. The van der Waals surface area contributed by atoms with E-state index in [9.17, 15) is 4.79 Å². The Labute approximate surface area is 132 Å². The third kappa shape index (κ3) is 3.62. The van der Waals surface area contributed by atoms with Gasteiger partial charge in [0, 0.05) is 12.0 Å². The molecule has 1 aliphatic rings. The van der Waals surface area contributed by atoms with Gasteiger partial charge in [-0.3, -0.25) is 4.79 Å². The SMILES string of the molecule is O=C1CCCCC(=Cc2ccccc2)C1=Cc1ccccc1. The molecule has 22 heavy (non-hydrogen) atoms. The second-order valence-corrected chi connectivity index (χ2v) is 5.68. The molecule has 1 heteroatoms. The minimum atomic E-state index is 0.267. The highest BCUT2D eigenvalue weighted by Crippen LogP contribution is 2.28. The van der Waals surface area contributed by atoms with Gasteiger partial charge in [0.2, 0.25) is 0 Å². The molecule has 0 bridgehead atoms. The van der Waals surface area contributed by atoms with Crippen LogP contribution in [0.1, 0.15) is 36.8 Å². The van der Waals surface area contributed by atoms with Crippen LogP contribution in [-0.2, 0) is 4.79 Å². The van der Waals surface area contributed by atoms with Crippen LogP contribution in [0.25, 0.3) is 12.2 Å². The minimum Gasteiger partial charge on any atom is -0.294 e. The molecule has 0 saturated heterocycles. The maximum absolute atomic E-state index is 12.5. The Morgan fingerprint density at radius 1 is 0.682 bits per heavy atom. The van der Waals surface area contributed by atoms with Gasteiger partial charge in [0.25, 0.3) is 0 Å². The molecule has 3 rings (SSSR count). The molecule has 0 aromatic heterocycles. The van der Waals surface area contributed by atoms with Crippen molar-refractivity contribution in [3.05, 3.63) is 82.9 Å². The average molecular weight is 288 g/mol. The number of rotatable bonds is 2. The number of ketones is 1. The van der Waals surface area contributed by atoms with E-state index in [1.54, 1.807) is 0 Å². The van der Waals surface area contributed by atoms with Crippen molar-refractivity contribution in [2.45, 2.75) is 25.7 Å².